The van der Waals surface area contributed by atoms with Crippen LogP contribution >= 0.6 is 0 Å². The summed E-state index contributed by atoms with van der Waals surface area (Å²) in [4.78, 5) is 26.6. The third-order valence-electron chi connectivity index (χ3n) is 3.88. The molecule has 0 saturated heterocycles. The van der Waals surface area contributed by atoms with Crippen molar-refractivity contribution < 1.29 is 28.5 Å². The number of methoxy groups -OCH3 is 3. The summed E-state index contributed by atoms with van der Waals surface area (Å²) in [5, 5.41) is 2.88. The van der Waals surface area contributed by atoms with Gasteiger partial charge in [0.15, 0.2) is 0 Å². The molecule has 0 spiro atoms. The molecule has 0 aliphatic carbocycles. The standard InChI is InChI=1S/C16H16FN5O5/c1-22-9(12-13(24-2)20-15(26-4)21-14(12)25-3)5-8-6-11(18-7-10(8)22)19-16(23)27-17/h5-7H,1-4H3,(H,18,19,23). The molecule has 27 heavy (non-hydrogen) atoms. The van der Waals surface area contributed by atoms with E-state index in [2.05, 4.69) is 25.2 Å². The highest BCUT2D eigenvalue weighted by atomic mass is 19.3. The summed E-state index contributed by atoms with van der Waals surface area (Å²) in [5.41, 5.74) is 1.93. The average molecular weight is 377 g/mol. The van der Waals surface area contributed by atoms with Gasteiger partial charge in [0.05, 0.1) is 38.7 Å². The Labute approximate surface area is 152 Å². The number of halogens is 1. The number of carbonyl (C=O) groups is 1. The molecule has 0 aliphatic rings. The molecule has 0 fully saturated rings. The summed E-state index contributed by atoms with van der Waals surface area (Å²) >= 11 is 0. The first kappa shape index (κ1) is 18.2. The zero-order valence-corrected chi connectivity index (χ0v) is 14.9. The predicted octanol–water partition coefficient (Wildman–Crippen LogP) is 2.49. The lowest BCUT2D eigenvalue weighted by atomic mass is 10.2. The van der Waals surface area contributed by atoms with Gasteiger partial charge in [-0.15, -0.1) is 0 Å². The van der Waals surface area contributed by atoms with Crippen molar-refractivity contribution in [2.45, 2.75) is 0 Å². The molecule has 0 aliphatic heterocycles. The number of nitrogens with zero attached hydrogens (tertiary/aromatic N) is 4. The number of hydrogen-bond donors (Lipinski definition) is 1. The van der Waals surface area contributed by atoms with Crippen LogP contribution in [-0.2, 0) is 12.0 Å². The van der Waals surface area contributed by atoms with E-state index in [-0.39, 0.29) is 23.6 Å². The second-order valence-electron chi connectivity index (χ2n) is 5.31. The zero-order chi connectivity index (χ0) is 19.6. The number of fused-ring (bicyclic) bond motifs is 1. The van der Waals surface area contributed by atoms with Crippen LogP contribution in [0.1, 0.15) is 0 Å². The number of hydrogen-bond acceptors (Lipinski definition) is 8. The second kappa shape index (κ2) is 7.32. The number of rotatable bonds is 5. The Morgan fingerprint density at radius 3 is 2.33 bits per heavy atom. The van der Waals surface area contributed by atoms with Gasteiger partial charge in [0.2, 0.25) is 11.8 Å². The number of aryl methyl sites for hydroxylation is 1. The third-order valence-corrected chi connectivity index (χ3v) is 3.88. The van der Waals surface area contributed by atoms with Gasteiger partial charge >= 0.3 is 12.1 Å². The molecule has 1 N–H and O–H groups in total. The van der Waals surface area contributed by atoms with E-state index in [9.17, 15) is 9.32 Å². The monoisotopic (exact) mass is 377 g/mol. The van der Waals surface area contributed by atoms with Crippen molar-refractivity contribution in [2.24, 2.45) is 7.05 Å². The molecule has 3 aromatic heterocycles. The fourth-order valence-electron chi connectivity index (χ4n) is 2.67. The summed E-state index contributed by atoms with van der Waals surface area (Å²) in [6.07, 6.45) is 0.264. The van der Waals surface area contributed by atoms with Gasteiger partial charge in [-0.3, -0.25) is 5.32 Å². The lowest BCUT2D eigenvalue weighted by Gasteiger charge is -2.13. The largest absolute Gasteiger partial charge is 0.480 e. The van der Waals surface area contributed by atoms with E-state index >= 15 is 0 Å². The molecule has 142 valence electrons. The van der Waals surface area contributed by atoms with Crippen LogP contribution < -0.4 is 19.5 Å². The van der Waals surface area contributed by atoms with E-state index in [0.29, 0.717) is 11.3 Å². The van der Waals surface area contributed by atoms with Crippen LogP contribution in [0.2, 0.25) is 0 Å². The van der Waals surface area contributed by atoms with Crippen molar-refractivity contribution in [2.75, 3.05) is 26.6 Å². The Morgan fingerprint density at radius 1 is 1.11 bits per heavy atom. The lowest BCUT2D eigenvalue weighted by Crippen LogP contribution is -2.10. The van der Waals surface area contributed by atoms with Gasteiger partial charge in [-0.05, 0) is 12.1 Å². The molecule has 0 atom stereocenters. The lowest BCUT2D eigenvalue weighted by molar-refractivity contribution is -0.0544. The van der Waals surface area contributed by atoms with Gasteiger partial charge < -0.3 is 18.8 Å². The van der Waals surface area contributed by atoms with Gasteiger partial charge in [-0.2, -0.15) is 9.97 Å². The SMILES string of the molecule is COc1nc(OC)c(-c2cc3cc(NC(=O)OF)ncc3n2C)c(OC)n1. The highest BCUT2D eigenvalue weighted by Gasteiger charge is 2.22. The Balaban J connectivity index is 2.17. The number of pyridine rings is 1. The molecule has 3 heterocycles. The van der Waals surface area contributed by atoms with Crippen molar-refractivity contribution in [3.8, 4) is 29.0 Å². The van der Waals surface area contributed by atoms with Crippen LogP contribution in [0, 0.1) is 0 Å². The molecule has 0 saturated carbocycles. The topological polar surface area (TPSA) is 110 Å². The minimum Gasteiger partial charge on any atom is -0.480 e. The summed E-state index contributed by atoms with van der Waals surface area (Å²) in [6, 6.07) is 3.47. The molecular formula is C16H16FN5O5. The molecule has 1 amide bonds. The first-order valence-electron chi connectivity index (χ1n) is 7.61. The van der Waals surface area contributed by atoms with Gasteiger partial charge in [-0.25, -0.2) is 14.7 Å². The molecular weight excluding hydrogens is 361 g/mol. The van der Waals surface area contributed by atoms with Crippen molar-refractivity contribution in [3.63, 3.8) is 0 Å². The van der Waals surface area contributed by atoms with E-state index < -0.39 is 6.09 Å². The van der Waals surface area contributed by atoms with Crippen LogP contribution in [0.25, 0.3) is 22.2 Å². The van der Waals surface area contributed by atoms with Crippen LogP contribution in [0.4, 0.5) is 15.1 Å². The van der Waals surface area contributed by atoms with Crippen LogP contribution in [0.15, 0.2) is 18.3 Å². The first-order chi connectivity index (χ1) is 13.0. The van der Waals surface area contributed by atoms with Crippen LogP contribution in [-0.4, -0.2) is 46.9 Å². The van der Waals surface area contributed by atoms with Crippen LogP contribution in [0.5, 0.6) is 17.8 Å². The molecule has 0 unspecified atom stereocenters. The molecule has 10 nitrogen and oxygen atoms in total. The fraction of sp³-hybridized carbons (Fsp3) is 0.250. The van der Waals surface area contributed by atoms with E-state index in [0.717, 1.165) is 10.9 Å². The highest BCUT2D eigenvalue weighted by Crippen LogP contribution is 2.39. The first-order valence-corrected chi connectivity index (χ1v) is 7.61. The maximum atomic E-state index is 11.9. The quantitative estimate of drug-likeness (QED) is 0.722. The maximum Gasteiger partial charge on any atom is 0.450 e. The average Bonchev–Trinajstić information content (AvgIpc) is 3.02. The smallest absolute Gasteiger partial charge is 0.450 e. The summed E-state index contributed by atoms with van der Waals surface area (Å²) in [7, 11) is 6.19. The Hall–Kier alpha value is -3.63. The zero-order valence-electron chi connectivity index (χ0n) is 14.9. The molecule has 3 aromatic rings. The van der Waals surface area contributed by atoms with Gasteiger partial charge in [0, 0.05) is 17.0 Å². The molecule has 0 aromatic carbocycles. The second-order valence-corrected chi connectivity index (χ2v) is 5.31. The van der Waals surface area contributed by atoms with Crippen molar-refractivity contribution >= 4 is 22.8 Å². The van der Waals surface area contributed by atoms with Gasteiger partial charge in [0.1, 0.15) is 11.4 Å². The number of amides is 1. The van der Waals surface area contributed by atoms with E-state index in [1.165, 1.54) is 27.5 Å². The Morgan fingerprint density at radius 2 is 1.78 bits per heavy atom. The summed E-state index contributed by atoms with van der Waals surface area (Å²) < 4.78 is 29.5. The Kier molecular flexibility index (Phi) is 4.92. The Bertz CT molecular complexity index is 981. The fourth-order valence-corrected chi connectivity index (χ4v) is 2.67. The summed E-state index contributed by atoms with van der Waals surface area (Å²) in [6.45, 7) is 0. The molecule has 0 bridgehead atoms. The number of nitrogens with one attached hydrogen (secondary N) is 1. The normalized spacial score (nSPS) is 10.6. The molecule has 3 rings (SSSR count). The van der Waals surface area contributed by atoms with E-state index in [4.69, 9.17) is 14.2 Å². The number of carbonyl (C=O) groups excluding carboxylic acids is 1. The van der Waals surface area contributed by atoms with Crippen molar-refractivity contribution in [1.29, 1.82) is 0 Å². The van der Waals surface area contributed by atoms with Gasteiger partial charge in [0.25, 0.3) is 0 Å². The van der Waals surface area contributed by atoms with Gasteiger partial charge in [-0.1, -0.05) is 0 Å². The number of anilines is 1. The van der Waals surface area contributed by atoms with E-state index in [1.807, 2.05) is 11.6 Å². The van der Waals surface area contributed by atoms with Crippen LogP contribution in [0.3, 0.4) is 0 Å². The molecule has 0 radical (unpaired) electrons. The number of aromatic nitrogens is 4. The van der Waals surface area contributed by atoms with E-state index in [1.54, 1.807) is 12.1 Å². The summed E-state index contributed by atoms with van der Waals surface area (Å²) in [5.74, 6) is 0.654. The minimum atomic E-state index is -1.26. The predicted molar refractivity (Wildman–Crippen MR) is 92.6 cm³/mol. The molecule has 11 heteroatoms. The number of ether oxygens (including phenoxy) is 3. The highest BCUT2D eigenvalue weighted by molar-refractivity contribution is 5.92. The maximum absolute atomic E-state index is 11.9. The third kappa shape index (κ3) is 3.26. The minimum absolute atomic E-state index is 0.101. The van der Waals surface area contributed by atoms with Crippen molar-refractivity contribution in [1.82, 2.24) is 19.5 Å². The van der Waals surface area contributed by atoms with Crippen molar-refractivity contribution in [3.05, 3.63) is 18.3 Å².